The van der Waals surface area contributed by atoms with Gasteiger partial charge in [-0.15, -0.1) is 0 Å². The van der Waals surface area contributed by atoms with Gasteiger partial charge in [-0.05, 0) is 64.2 Å². The van der Waals surface area contributed by atoms with Crippen LogP contribution in [0.5, 0.6) is 0 Å². The monoisotopic (exact) mass is 825 g/mol. The fraction of sp³-hybridized carbons (Fsp3) is 0.875. The van der Waals surface area contributed by atoms with E-state index in [1.54, 1.807) is 0 Å². The topological polar surface area (TPSA) is 152 Å². The molecule has 0 bridgehead atoms. The zero-order chi connectivity index (χ0) is 42.3. The van der Waals surface area contributed by atoms with Crippen molar-refractivity contribution in [2.75, 3.05) is 19.8 Å². The Morgan fingerprint density at radius 1 is 0.517 bits per heavy atom. The molecular weight excluding hydrogens is 737 g/mol. The van der Waals surface area contributed by atoms with Crippen LogP contribution in [0.25, 0.3) is 0 Å². The highest BCUT2D eigenvalue weighted by molar-refractivity contribution is 5.70. The average molecular weight is 825 g/mol. The van der Waals surface area contributed by atoms with Gasteiger partial charge in [0.25, 0.3) is 0 Å². The van der Waals surface area contributed by atoms with Crippen molar-refractivity contribution in [3.05, 3.63) is 24.3 Å². The third kappa shape index (κ3) is 30.2. The van der Waals surface area contributed by atoms with Gasteiger partial charge in [-0.25, -0.2) is 0 Å². The lowest BCUT2D eigenvalue weighted by Crippen LogP contribution is -2.59. The first-order valence-electron chi connectivity index (χ1n) is 23.9. The molecule has 1 fully saturated rings. The molecule has 10 heteroatoms. The molecule has 0 radical (unpaired) electrons. The first-order chi connectivity index (χ1) is 28.3. The molecule has 6 unspecified atom stereocenters. The summed E-state index contributed by atoms with van der Waals surface area (Å²) in [4.78, 5) is 25.3. The third-order valence-electron chi connectivity index (χ3n) is 11.1. The van der Waals surface area contributed by atoms with Gasteiger partial charge in [0.2, 0.25) is 0 Å². The van der Waals surface area contributed by atoms with Crippen molar-refractivity contribution in [3.8, 4) is 0 Å². The van der Waals surface area contributed by atoms with Crippen LogP contribution in [-0.4, -0.2) is 89.0 Å². The van der Waals surface area contributed by atoms with E-state index in [4.69, 9.17) is 18.9 Å². The number of carbonyl (C=O) groups excluding carboxylic acids is 2. The van der Waals surface area contributed by atoms with Crippen molar-refractivity contribution >= 4 is 11.9 Å². The van der Waals surface area contributed by atoms with Crippen LogP contribution in [0.1, 0.15) is 213 Å². The zero-order valence-corrected chi connectivity index (χ0v) is 37.1. The van der Waals surface area contributed by atoms with E-state index in [2.05, 4.69) is 38.2 Å². The van der Waals surface area contributed by atoms with E-state index >= 15 is 0 Å². The van der Waals surface area contributed by atoms with Gasteiger partial charge in [-0.3, -0.25) is 9.59 Å². The SMILES string of the molecule is CCCCC/C=C\CCCCCCCC(=O)OCC(COC1OC(CO)C(O)C(O)C1O)OC(=O)CCCCCCCCCCC/C=C\CCCCCCCCCC. The summed E-state index contributed by atoms with van der Waals surface area (Å²) < 4.78 is 22.2. The molecule has 0 aromatic carbocycles. The minimum Gasteiger partial charge on any atom is -0.462 e. The Balaban J connectivity index is 2.27. The van der Waals surface area contributed by atoms with E-state index in [1.807, 2.05) is 0 Å². The van der Waals surface area contributed by atoms with E-state index in [0.717, 1.165) is 57.8 Å². The molecule has 6 atom stereocenters. The lowest BCUT2D eigenvalue weighted by atomic mass is 9.99. The van der Waals surface area contributed by atoms with Crippen LogP contribution in [0.4, 0.5) is 0 Å². The first-order valence-corrected chi connectivity index (χ1v) is 23.9. The fourth-order valence-electron chi connectivity index (χ4n) is 7.24. The van der Waals surface area contributed by atoms with Gasteiger partial charge in [-0.1, -0.05) is 160 Å². The standard InChI is InChI=1S/C48H88O10/c1-3-5-7-9-11-13-15-17-18-19-20-21-22-23-24-25-27-29-31-33-35-37-44(51)57-41(40-56-48-47(54)46(53)45(52)42(38-49)58-48)39-55-43(50)36-34-32-30-28-26-16-14-12-10-8-6-4-2/h12,14,19-20,41-42,45-49,52-54H,3-11,13,15-18,21-40H2,1-2H3/b14-12-,20-19-. The Morgan fingerprint density at radius 3 is 1.38 bits per heavy atom. The fourth-order valence-corrected chi connectivity index (χ4v) is 7.24. The van der Waals surface area contributed by atoms with Gasteiger partial charge in [0, 0.05) is 12.8 Å². The van der Waals surface area contributed by atoms with Gasteiger partial charge < -0.3 is 39.4 Å². The smallest absolute Gasteiger partial charge is 0.306 e. The number of hydrogen-bond donors (Lipinski definition) is 4. The van der Waals surface area contributed by atoms with E-state index in [-0.39, 0.29) is 32.0 Å². The molecule has 0 aliphatic carbocycles. The molecule has 1 saturated heterocycles. The number of esters is 2. The van der Waals surface area contributed by atoms with Crippen LogP contribution in [0.3, 0.4) is 0 Å². The normalized spacial score (nSPS) is 20.3. The summed E-state index contributed by atoms with van der Waals surface area (Å²) in [5, 5.41) is 40.1. The van der Waals surface area contributed by atoms with Crippen LogP contribution in [0.2, 0.25) is 0 Å². The van der Waals surface area contributed by atoms with Crippen molar-refractivity contribution in [2.45, 2.75) is 250 Å². The second-order valence-corrected chi connectivity index (χ2v) is 16.6. The molecule has 1 heterocycles. The van der Waals surface area contributed by atoms with Gasteiger partial charge in [-0.2, -0.15) is 0 Å². The van der Waals surface area contributed by atoms with Crippen LogP contribution < -0.4 is 0 Å². The summed E-state index contributed by atoms with van der Waals surface area (Å²) in [6.45, 7) is 3.40. The van der Waals surface area contributed by atoms with Gasteiger partial charge in [0.15, 0.2) is 12.4 Å². The number of hydrogen-bond acceptors (Lipinski definition) is 10. The van der Waals surface area contributed by atoms with Crippen molar-refractivity contribution in [3.63, 3.8) is 0 Å². The number of unbranched alkanes of at least 4 members (excludes halogenated alkanes) is 25. The summed E-state index contributed by atoms with van der Waals surface area (Å²) in [5.74, 6) is -0.814. The molecule has 0 aromatic rings. The van der Waals surface area contributed by atoms with Crippen molar-refractivity contribution in [2.24, 2.45) is 0 Å². The zero-order valence-electron chi connectivity index (χ0n) is 37.1. The van der Waals surface area contributed by atoms with Crippen LogP contribution >= 0.6 is 0 Å². The van der Waals surface area contributed by atoms with E-state index in [9.17, 15) is 30.0 Å². The summed E-state index contributed by atoms with van der Waals surface area (Å²) >= 11 is 0. The maximum absolute atomic E-state index is 12.8. The molecule has 0 amide bonds. The highest BCUT2D eigenvalue weighted by Gasteiger charge is 2.44. The lowest BCUT2D eigenvalue weighted by Gasteiger charge is -2.39. The first kappa shape index (κ1) is 54.2. The minimum absolute atomic E-state index is 0.220. The van der Waals surface area contributed by atoms with E-state index in [1.165, 1.54) is 116 Å². The van der Waals surface area contributed by atoms with Gasteiger partial charge in [0.1, 0.15) is 31.0 Å². The van der Waals surface area contributed by atoms with Gasteiger partial charge in [0.05, 0.1) is 13.2 Å². The summed E-state index contributed by atoms with van der Waals surface area (Å²) in [7, 11) is 0. The molecule has 4 N–H and O–H groups in total. The number of rotatable bonds is 40. The van der Waals surface area contributed by atoms with Crippen LogP contribution in [0.15, 0.2) is 24.3 Å². The van der Waals surface area contributed by atoms with Gasteiger partial charge >= 0.3 is 11.9 Å². The Bertz CT molecular complexity index is 1000. The Morgan fingerprint density at radius 2 is 0.914 bits per heavy atom. The minimum atomic E-state index is -1.59. The predicted molar refractivity (Wildman–Crippen MR) is 233 cm³/mol. The second-order valence-electron chi connectivity index (χ2n) is 16.6. The average Bonchev–Trinajstić information content (AvgIpc) is 3.22. The van der Waals surface area contributed by atoms with Crippen molar-refractivity contribution in [1.82, 2.24) is 0 Å². The number of ether oxygens (including phenoxy) is 4. The highest BCUT2D eigenvalue weighted by Crippen LogP contribution is 2.23. The molecule has 0 spiro atoms. The molecule has 1 aliphatic rings. The Hall–Kier alpha value is -1.82. The Kier molecular flexibility index (Phi) is 36.7. The third-order valence-corrected chi connectivity index (χ3v) is 11.1. The van der Waals surface area contributed by atoms with Crippen molar-refractivity contribution in [1.29, 1.82) is 0 Å². The number of aliphatic hydroxyl groups is 4. The largest absolute Gasteiger partial charge is 0.462 e. The summed E-state index contributed by atoms with van der Waals surface area (Å²) in [5.41, 5.74) is 0. The molecule has 10 nitrogen and oxygen atoms in total. The van der Waals surface area contributed by atoms with E-state index < -0.39 is 49.4 Å². The summed E-state index contributed by atoms with van der Waals surface area (Å²) in [6, 6.07) is 0. The lowest BCUT2D eigenvalue weighted by molar-refractivity contribution is -0.305. The van der Waals surface area contributed by atoms with Crippen molar-refractivity contribution < 1.29 is 49.0 Å². The molecule has 1 aliphatic heterocycles. The maximum atomic E-state index is 12.8. The molecule has 1 rings (SSSR count). The number of aliphatic hydroxyl groups excluding tert-OH is 4. The Labute approximate surface area is 353 Å². The molecule has 0 aromatic heterocycles. The molecular formula is C48H88O10. The van der Waals surface area contributed by atoms with E-state index in [0.29, 0.717) is 12.8 Å². The second kappa shape index (κ2) is 39.3. The molecule has 340 valence electrons. The maximum Gasteiger partial charge on any atom is 0.306 e. The predicted octanol–water partition coefficient (Wildman–Crippen LogP) is 10.5. The number of allylic oxidation sites excluding steroid dienone is 4. The molecule has 0 saturated carbocycles. The quantitative estimate of drug-likeness (QED) is 0.0267. The van der Waals surface area contributed by atoms with Crippen LogP contribution in [0, 0.1) is 0 Å². The number of carbonyl (C=O) groups is 2. The molecule has 58 heavy (non-hydrogen) atoms. The van der Waals surface area contributed by atoms with Crippen LogP contribution in [-0.2, 0) is 28.5 Å². The highest BCUT2D eigenvalue weighted by atomic mass is 16.7. The summed E-state index contributed by atoms with van der Waals surface area (Å²) in [6.07, 6.45) is 36.2.